The van der Waals surface area contributed by atoms with Gasteiger partial charge in [-0.2, -0.15) is 12.6 Å². The monoisotopic (exact) mass is 253 g/mol. The van der Waals surface area contributed by atoms with Crippen LogP contribution >= 0.6 is 12.6 Å². The predicted molar refractivity (Wildman–Crippen MR) is 53.4 cm³/mol. The van der Waals surface area contributed by atoms with Gasteiger partial charge in [-0.25, -0.2) is 17.6 Å². The highest BCUT2D eigenvalue weighted by Crippen LogP contribution is 2.24. The number of nitrogens with one attached hydrogen (secondary N) is 1. The SMILES string of the molecule is CC(S)C(=O)Nc1c(F)c(F)cc(F)c1F. The van der Waals surface area contributed by atoms with Crippen molar-refractivity contribution in [2.75, 3.05) is 5.32 Å². The molecule has 0 aliphatic rings. The average Bonchev–Trinajstić information content (AvgIpc) is 2.21. The summed E-state index contributed by atoms with van der Waals surface area (Å²) in [5.41, 5.74) is -1.15. The van der Waals surface area contributed by atoms with Gasteiger partial charge in [0.25, 0.3) is 0 Å². The first-order chi connectivity index (χ1) is 7.34. The Balaban J connectivity index is 3.18. The summed E-state index contributed by atoms with van der Waals surface area (Å²) in [4.78, 5) is 11.1. The van der Waals surface area contributed by atoms with Crippen LogP contribution in [0.4, 0.5) is 23.2 Å². The molecule has 1 unspecified atom stereocenters. The van der Waals surface area contributed by atoms with Crippen molar-refractivity contribution in [1.82, 2.24) is 0 Å². The minimum Gasteiger partial charge on any atom is -0.320 e. The summed E-state index contributed by atoms with van der Waals surface area (Å²) >= 11 is 3.70. The number of rotatable bonds is 2. The summed E-state index contributed by atoms with van der Waals surface area (Å²) in [6, 6.07) is 0.0600. The van der Waals surface area contributed by atoms with Crippen molar-refractivity contribution in [1.29, 1.82) is 0 Å². The summed E-state index contributed by atoms with van der Waals surface area (Å²) < 4.78 is 51.5. The first-order valence-corrected chi connectivity index (χ1v) is 4.68. The fraction of sp³-hybridized carbons (Fsp3) is 0.222. The third kappa shape index (κ3) is 2.46. The molecule has 0 spiro atoms. The normalized spacial score (nSPS) is 12.4. The molecule has 0 saturated heterocycles. The molecule has 1 rings (SSSR count). The lowest BCUT2D eigenvalue weighted by Gasteiger charge is -2.10. The van der Waals surface area contributed by atoms with E-state index in [9.17, 15) is 22.4 Å². The van der Waals surface area contributed by atoms with Crippen LogP contribution in [0.1, 0.15) is 6.92 Å². The number of amides is 1. The Hall–Kier alpha value is -1.24. The van der Waals surface area contributed by atoms with E-state index < -0.39 is 40.1 Å². The molecule has 7 heteroatoms. The van der Waals surface area contributed by atoms with Crippen molar-refractivity contribution in [2.24, 2.45) is 0 Å². The van der Waals surface area contributed by atoms with E-state index in [2.05, 4.69) is 12.6 Å². The van der Waals surface area contributed by atoms with E-state index in [0.29, 0.717) is 0 Å². The molecule has 2 nitrogen and oxygen atoms in total. The number of halogens is 4. The molecule has 0 bridgehead atoms. The van der Waals surface area contributed by atoms with E-state index in [1.54, 1.807) is 5.32 Å². The first kappa shape index (κ1) is 12.8. The Bertz CT molecular complexity index is 410. The van der Waals surface area contributed by atoms with E-state index >= 15 is 0 Å². The maximum atomic E-state index is 13.0. The molecule has 0 aliphatic carbocycles. The molecule has 1 N–H and O–H groups in total. The van der Waals surface area contributed by atoms with Gasteiger partial charge in [0.05, 0.1) is 5.25 Å². The maximum Gasteiger partial charge on any atom is 0.237 e. The molecule has 0 fully saturated rings. The topological polar surface area (TPSA) is 29.1 Å². The van der Waals surface area contributed by atoms with Crippen LogP contribution in [0.25, 0.3) is 0 Å². The molecule has 0 aromatic heterocycles. The molecule has 0 heterocycles. The molecular formula is C9H7F4NOS. The second kappa shape index (κ2) is 4.73. The summed E-state index contributed by atoms with van der Waals surface area (Å²) in [7, 11) is 0. The minimum absolute atomic E-state index is 0.0600. The van der Waals surface area contributed by atoms with E-state index in [4.69, 9.17) is 0 Å². The van der Waals surface area contributed by atoms with Crippen molar-refractivity contribution >= 4 is 24.2 Å². The van der Waals surface area contributed by atoms with Gasteiger partial charge >= 0.3 is 0 Å². The summed E-state index contributed by atoms with van der Waals surface area (Å²) in [6.45, 7) is 1.34. The second-order valence-corrected chi connectivity index (χ2v) is 3.78. The standard InChI is InChI=1S/C9H7F4NOS/c1-3(16)9(15)14-8-6(12)4(10)2-5(11)7(8)13/h2-3,16H,1H3,(H,14,15). The predicted octanol–water partition coefficient (Wildman–Crippen LogP) is 2.50. The van der Waals surface area contributed by atoms with Gasteiger partial charge < -0.3 is 5.32 Å². The average molecular weight is 253 g/mol. The highest BCUT2D eigenvalue weighted by Gasteiger charge is 2.21. The first-order valence-electron chi connectivity index (χ1n) is 4.16. The highest BCUT2D eigenvalue weighted by atomic mass is 32.1. The van der Waals surface area contributed by atoms with Crippen LogP contribution < -0.4 is 5.32 Å². The zero-order valence-electron chi connectivity index (χ0n) is 8.02. The number of anilines is 1. The lowest BCUT2D eigenvalue weighted by molar-refractivity contribution is -0.115. The van der Waals surface area contributed by atoms with Crippen molar-refractivity contribution < 1.29 is 22.4 Å². The molecule has 1 aromatic carbocycles. The van der Waals surface area contributed by atoms with Gasteiger partial charge in [-0.3, -0.25) is 4.79 Å². The maximum absolute atomic E-state index is 13.0. The van der Waals surface area contributed by atoms with Crippen LogP contribution in [0.15, 0.2) is 6.07 Å². The van der Waals surface area contributed by atoms with Crippen LogP contribution in [0.3, 0.4) is 0 Å². The van der Waals surface area contributed by atoms with Gasteiger partial charge in [0.1, 0.15) is 5.69 Å². The molecule has 16 heavy (non-hydrogen) atoms. The number of benzene rings is 1. The lowest BCUT2D eigenvalue weighted by Crippen LogP contribution is -2.22. The van der Waals surface area contributed by atoms with E-state index in [0.717, 1.165) is 0 Å². The minimum atomic E-state index is -1.65. The van der Waals surface area contributed by atoms with Crippen molar-refractivity contribution in [3.63, 3.8) is 0 Å². The summed E-state index contributed by atoms with van der Waals surface area (Å²) in [5, 5.41) is 0.844. The van der Waals surface area contributed by atoms with Gasteiger partial charge in [0.15, 0.2) is 23.3 Å². The molecule has 88 valence electrons. The Morgan fingerprint density at radius 2 is 1.69 bits per heavy atom. The highest BCUT2D eigenvalue weighted by molar-refractivity contribution is 7.81. The number of hydrogen-bond donors (Lipinski definition) is 2. The van der Waals surface area contributed by atoms with E-state index in [-0.39, 0.29) is 6.07 Å². The summed E-state index contributed by atoms with van der Waals surface area (Å²) in [6.07, 6.45) is 0. The molecule has 0 aliphatic heterocycles. The quantitative estimate of drug-likeness (QED) is 0.473. The molecule has 0 radical (unpaired) electrons. The second-order valence-electron chi connectivity index (χ2n) is 3.01. The number of carbonyl (C=O) groups excluding carboxylic acids is 1. The fourth-order valence-corrected chi connectivity index (χ4v) is 0.975. The molecular weight excluding hydrogens is 246 g/mol. The number of hydrogen-bond acceptors (Lipinski definition) is 2. The number of thiol groups is 1. The number of carbonyl (C=O) groups is 1. The van der Waals surface area contributed by atoms with Crippen molar-refractivity contribution in [3.05, 3.63) is 29.3 Å². The van der Waals surface area contributed by atoms with Crippen LogP contribution in [0.5, 0.6) is 0 Å². The van der Waals surface area contributed by atoms with Gasteiger partial charge in [-0.05, 0) is 6.92 Å². The van der Waals surface area contributed by atoms with E-state index in [1.165, 1.54) is 6.92 Å². The fourth-order valence-electron chi connectivity index (χ4n) is 0.911. The third-order valence-electron chi connectivity index (χ3n) is 1.74. The van der Waals surface area contributed by atoms with Crippen LogP contribution in [0, 0.1) is 23.3 Å². The molecule has 1 atom stereocenters. The van der Waals surface area contributed by atoms with Crippen LogP contribution in [0.2, 0.25) is 0 Å². The zero-order chi connectivity index (χ0) is 12.5. The Kier molecular flexibility index (Phi) is 3.79. The van der Waals surface area contributed by atoms with Crippen molar-refractivity contribution in [3.8, 4) is 0 Å². The van der Waals surface area contributed by atoms with Crippen LogP contribution in [-0.2, 0) is 4.79 Å². The van der Waals surface area contributed by atoms with Gasteiger partial charge in [0, 0.05) is 6.07 Å². The van der Waals surface area contributed by atoms with Gasteiger partial charge in [-0.15, -0.1) is 0 Å². The third-order valence-corrected chi connectivity index (χ3v) is 1.97. The molecule has 0 saturated carbocycles. The smallest absolute Gasteiger partial charge is 0.237 e. The van der Waals surface area contributed by atoms with E-state index in [1.807, 2.05) is 0 Å². The van der Waals surface area contributed by atoms with Crippen LogP contribution in [-0.4, -0.2) is 11.2 Å². The largest absolute Gasteiger partial charge is 0.320 e. The Labute approximate surface area is 94.1 Å². The lowest BCUT2D eigenvalue weighted by atomic mass is 10.2. The molecule has 1 aromatic rings. The zero-order valence-corrected chi connectivity index (χ0v) is 8.92. The van der Waals surface area contributed by atoms with Gasteiger partial charge in [0.2, 0.25) is 5.91 Å². The summed E-state index contributed by atoms with van der Waals surface area (Å²) in [5.74, 6) is -7.34. The Morgan fingerprint density at radius 1 is 1.25 bits per heavy atom. The Morgan fingerprint density at radius 3 is 2.06 bits per heavy atom. The van der Waals surface area contributed by atoms with Crippen molar-refractivity contribution in [2.45, 2.75) is 12.2 Å². The molecule has 1 amide bonds. The van der Waals surface area contributed by atoms with Gasteiger partial charge in [-0.1, -0.05) is 0 Å².